The van der Waals surface area contributed by atoms with E-state index in [2.05, 4.69) is 5.32 Å². The van der Waals surface area contributed by atoms with Crippen LogP contribution in [0.15, 0.2) is 36.4 Å². The molecule has 21 heavy (non-hydrogen) atoms. The Morgan fingerprint density at radius 3 is 2.67 bits per heavy atom. The van der Waals surface area contributed by atoms with Gasteiger partial charge in [0.25, 0.3) is 0 Å². The Labute approximate surface area is 131 Å². The molecule has 110 valence electrons. The number of ether oxygens (including phenoxy) is 1. The fraction of sp³-hybridized carbons (Fsp3) is 0.133. The smallest absolute Gasteiger partial charge is 0.339 e. The Morgan fingerprint density at radius 2 is 2.00 bits per heavy atom. The van der Waals surface area contributed by atoms with Crippen molar-refractivity contribution in [2.75, 3.05) is 12.4 Å². The number of anilines is 1. The Kier molecular flexibility index (Phi) is 5.04. The topological polar surface area (TPSA) is 38.3 Å². The highest BCUT2D eigenvalue weighted by atomic mass is 35.5. The molecule has 0 aliphatic heterocycles. The van der Waals surface area contributed by atoms with Crippen LogP contribution < -0.4 is 5.32 Å². The first-order valence-electron chi connectivity index (χ1n) is 6.07. The summed E-state index contributed by atoms with van der Waals surface area (Å²) >= 11 is 11.7. The van der Waals surface area contributed by atoms with E-state index in [1.165, 1.54) is 19.2 Å². The maximum atomic E-state index is 13.1. The minimum Gasteiger partial charge on any atom is -0.465 e. The van der Waals surface area contributed by atoms with Crippen LogP contribution in [0.5, 0.6) is 0 Å². The minimum atomic E-state index is -0.474. The van der Waals surface area contributed by atoms with Crippen molar-refractivity contribution in [3.8, 4) is 0 Å². The van der Waals surface area contributed by atoms with Gasteiger partial charge in [0.05, 0.1) is 23.4 Å². The number of esters is 1. The molecule has 0 unspecified atom stereocenters. The Balaban J connectivity index is 2.20. The highest BCUT2D eigenvalue weighted by Crippen LogP contribution is 2.23. The summed E-state index contributed by atoms with van der Waals surface area (Å²) in [6, 6.07) is 9.22. The second kappa shape index (κ2) is 6.78. The molecule has 0 bridgehead atoms. The van der Waals surface area contributed by atoms with Crippen LogP contribution in [0, 0.1) is 5.82 Å². The Hall–Kier alpha value is -1.78. The van der Waals surface area contributed by atoms with Gasteiger partial charge >= 0.3 is 5.97 Å². The fourth-order valence-electron chi connectivity index (χ4n) is 1.80. The minimum absolute atomic E-state index is 0.0496. The summed E-state index contributed by atoms with van der Waals surface area (Å²) in [5.74, 6) is -0.940. The molecule has 1 N–H and O–H groups in total. The van der Waals surface area contributed by atoms with Crippen molar-refractivity contribution in [1.29, 1.82) is 0 Å². The predicted octanol–water partition coefficient (Wildman–Crippen LogP) is 4.53. The van der Waals surface area contributed by atoms with Crippen LogP contribution in [0.2, 0.25) is 10.0 Å². The summed E-state index contributed by atoms with van der Waals surface area (Å²) in [4.78, 5) is 11.7. The van der Waals surface area contributed by atoms with E-state index < -0.39 is 11.8 Å². The Morgan fingerprint density at radius 1 is 1.24 bits per heavy atom. The number of carbonyl (C=O) groups is 1. The van der Waals surface area contributed by atoms with Gasteiger partial charge in [-0.3, -0.25) is 0 Å². The van der Waals surface area contributed by atoms with Crippen LogP contribution in [-0.4, -0.2) is 13.1 Å². The quantitative estimate of drug-likeness (QED) is 0.838. The van der Waals surface area contributed by atoms with E-state index in [0.29, 0.717) is 22.8 Å². The summed E-state index contributed by atoms with van der Waals surface area (Å²) in [5.41, 5.74) is 1.68. The average Bonchev–Trinajstić information content (AvgIpc) is 2.48. The summed E-state index contributed by atoms with van der Waals surface area (Å²) in [5, 5.41) is 3.60. The number of carbonyl (C=O) groups excluding carboxylic acids is 1. The third-order valence-electron chi connectivity index (χ3n) is 2.85. The van der Waals surface area contributed by atoms with Gasteiger partial charge in [0, 0.05) is 11.6 Å². The zero-order valence-corrected chi connectivity index (χ0v) is 12.6. The molecule has 0 aliphatic rings. The van der Waals surface area contributed by atoms with Crippen LogP contribution >= 0.6 is 23.2 Å². The van der Waals surface area contributed by atoms with Crippen molar-refractivity contribution < 1.29 is 13.9 Å². The van der Waals surface area contributed by atoms with Gasteiger partial charge in [0.1, 0.15) is 5.82 Å². The van der Waals surface area contributed by atoms with E-state index in [0.717, 1.165) is 5.56 Å². The van der Waals surface area contributed by atoms with Gasteiger partial charge in [-0.25, -0.2) is 9.18 Å². The normalized spacial score (nSPS) is 10.3. The van der Waals surface area contributed by atoms with Crippen molar-refractivity contribution in [2.45, 2.75) is 6.54 Å². The molecule has 0 aromatic heterocycles. The summed E-state index contributed by atoms with van der Waals surface area (Å²) in [6.45, 7) is 0.365. The second-order valence-corrected chi connectivity index (χ2v) is 5.13. The molecule has 0 heterocycles. The van der Waals surface area contributed by atoms with Crippen molar-refractivity contribution in [3.63, 3.8) is 0 Å². The van der Waals surface area contributed by atoms with E-state index in [9.17, 15) is 9.18 Å². The SMILES string of the molecule is COC(=O)c1ccc(Cl)cc1NCc1ccc(F)c(Cl)c1. The van der Waals surface area contributed by atoms with E-state index >= 15 is 0 Å². The molecule has 6 heteroatoms. The lowest BCUT2D eigenvalue weighted by Crippen LogP contribution is -2.08. The molecule has 0 saturated heterocycles. The van der Waals surface area contributed by atoms with Gasteiger partial charge in [0.2, 0.25) is 0 Å². The van der Waals surface area contributed by atoms with Crippen molar-refractivity contribution >= 4 is 34.9 Å². The molecule has 0 atom stereocenters. The lowest BCUT2D eigenvalue weighted by atomic mass is 10.1. The van der Waals surface area contributed by atoms with Gasteiger partial charge in [0.15, 0.2) is 0 Å². The largest absolute Gasteiger partial charge is 0.465 e. The molecule has 2 aromatic carbocycles. The van der Waals surface area contributed by atoms with Crippen LogP contribution in [0.4, 0.5) is 10.1 Å². The molecule has 0 amide bonds. The second-order valence-electron chi connectivity index (χ2n) is 4.28. The summed E-state index contributed by atoms with van der Waals surface area (Å²) < 4.78 is 17.8. The fourth-order valence-corrected chi connectivity index (χ4v) is 2.17. The lowest BCUT2D eigenvalue weighted by molar-refractivity contribution is 0.0602. The number of rotatable bonds is 4. The maximum absolute atomic E-state index is 13.1. The zero-order valence-electron chi connectivity index (χ0n) is 11.1. The third-order valence-corrected chi connectivity index (χ3v) is 3.38. The average molecular weight is 328 g/mol. The van der Waals surface area contributed by atoms with Crippen LogP contribution in [0.1, 0.15) is 15.9 Å². The predicted molar refractivity (Wildman–Crippen MR) is 81.5 cm³/mol. The van der Waals surface area contributed by atoms with Gasteiger partial charge in [-0.1, -0.05) is 29.3 Å². The summed E-state index contributed by atoms with van der Waals surface area (Å²) in [6.07, 6.45) is 0. The monoisotopic (exact) mass is 327 g/mol. The van der Waals surface area contributed by atoms with Gasteiger partial charge in [-0.2, -0.15) is 0 Å². The van der Waals surface area contributed by atoms with Crippen LogP contribution in [-0.2, 0) is 11.3 Å². The number of methoxy groups -OCH3 is 1. The first kappa shape index (κ1) is 15.6. The number of hydrogen-bond donors (Lipinski definition) is 1. The summed E-state index contributed by atoms with van der Waals surface area (Å²) in [7, 11) is 1.31. The number of nitrogens with one attached hydrogen (secondary N) is 1. The molecule has 3 nitrogen and oxygen atoms in total. The molecule has 0 fully saturated rings. The van der Waals surface area contributed by atoms with Gasteiger partial charge in [-0.15, -0.1) is 0 Å². The van der Waals surface area contributed by atoms with Gasteiger partial charge in [-0.05, 0) is 35.9 Å². The molecular weight excluding hydrogens is 316 g/mol. The van der Waals surface area contributed by atoms with Gasteiger partial charge < -0.3 is 10.1 Å². The highest BCUT2D eigenvalue weighted by Gasteiger charge is 2.12. The first-order chi connectivity index (χ1) is 10.0. The van der Waals surface area contributed by atoms with Crippen molar-refractivity contribution in [2.24, 2.45) is 0 Å². The van der Waals surface area contributed by atoms with Crippen LogP contribution in [0.25, 0.3) is 0 Å². The molecule has 0 aliphatic carbocycles. The highest BCUT2D eigenvalue weighted by molar-refractivity contribution is 6.31. The molecule has 2 rings (SSSR count). The number of halogens is 3. The van der Waals surface area contributed by atoms with E-state index in [1.807, 2.05) is 0 Å². The number of hydrogen-bond acceptors (Lipinski definition) is 3. The molecular formula is C15H12Cl2FNO2. The van der Waals surface area contributed by atoms with Crippen LogP contribution in [0.3, 0.4) is 0 Å². The maximum Gasteiger partial charge on any atom is 0.339 e. The standard InChI is InChI=1S/C15H12Cl2FNO2/c1-21-15(20)11-4-3-10(16)7-14(11)19-8-9-2-5-13(18)12(17)6-9/h2-7,19H,8H2,1H3. The zero-order chi connectivity index (χ0) is 15.4. The molecule has 0 radical (unpaired) electrons. The molecule has 0 spiro atoms. The van der Waals surface area contributed by atoms with E-state index in [4.69, 9.17) is 27.9 Å². The van der Waals surface area contributed by atoms with E-state index in [1.54, 1.807) is 24.3 Å². The number of benzene rings is 2. The van der Waals surface area contributed by atoms with Crippen molar-refractivity contribution in [1.82, 2.24) is 0 Å². The van der Waals surface area contributed by atoms with Crippen molar-refractivity contribution in [3.05, 3.63) is 63.4 Å². The molecule has 2 aromatic rings. The third kappa shape index (κ3) is 3.86. The molecule has 0 saturated carbocycles. The first-order valence-corrected chi connectivity index (χ1v) is 6.82. The van der Waals surface area contributed by atoms with E-state index in [-0.39, 0.29) is 5.02 Å². The Bertz CT molecular complexity index is 677. The lowest BCUT2D eigenvalue weighted by Gasteiger charge is -2.11.